The molecule has 35 heavy (non-hydrogen) atoms. The van der Waals surface area contributed by atoms with E-state index in [-0.39, 0.29) is 12.5 Å². The average molecular weight is 473 g/mol. The largest absolute Gasteiger partial charge is 0.484 e. The number of carbonyl (C=O) groups is 3. The fourth-order valence-electron chi connectivity index (χ4n) is 3.19. The van der Waals surface area contributed by atoms with Crippen molar-refractivity contribution in [1.29, 1.82) is 0 Å². The predicted molar refractivity (Wildman–Crippen MR) is 137 cm³/mol. The Bertz CT molecular complexity index is 1250. The van der Waals surface area contributed by atoms with Crippen LogP contribution in [0.4, 0.5) is 11.4 Å². The zero-order valence-corrected chi connectivity index (χ0v) is 19.9. The summed E-state index contributed by atoms with van der Waals surface area (Å²) in [5.41, 5.74) is 7.26. The molecule has 0 aliphatic heterocycles. The Balaban J connectivity index is 1.49. The lowest BCUT2D eigenvalue weighted by Crippen LogP contribution is -2.32. The normalized spacial score (nSPS) is 10.6. The van der Waals surface area contributed by atoms with Gasteiger partial charge in [0.25, 0.3) is 5.91 Å². The third-order valence-electron chi connectivity index (χ3n) is 5.25. The zero-order chi connectivity index (χ0) is 25.2. The van der Waals surface area contributed by atoms with Gasteiger partial charge in [0.15, 0.2) is 6.61 Å². The van der Waals surface area contributed by atoms with Crippen molar-refractivity contribution in [2.24, 2.45) is 5.10 Å². The highest BCUT2D eigenvalue weighted by molar-refractivity contribution is 6.39. The van der Waals surface area contributed by atoms with E-state index in [1.807, 2.05) is 51.1 Å². The van der Waals surface area contributed by atoms with Gasteiger partial charge in [-0.3, -0.25) is 14.4 Å². The van der Waals surface area contributed by atoms with Gasteiger partial charge in [0.1, 0.15) is 5.75 Å². The van der Waals surface area contributed by atoms with Crippen molar-refractivity contribution in [3.8, 4) is 5.75 Å². The van der Waals surface area contributed by atoms with E-state index in [1.165, 1.54) is 6.21 Å². The molecule has 0 bridgehead atoms. The Morgan fingerprint density at radius 2 is 1.69 bits per heavy atom. The number of carbonyl (C=O) groups excluding carboxylic acids is 3. The zero-order valence-electron chi connectivity index (χ0n) is 19.9. The second kappa shape index (κ2) is 12.1. The summed E-state index contributed by atoms with van der Waals surface area (Å²) < 4.78 is 5.58. The van der Waals surface area contributed by atoms with Gasteiger partial charge in [0.05, 0.1) is 6.21 Å². The number of hydrogen-bond donors (Lipinski definition) is 3. The van der Waals surface area contributed by atoms with E-state index < -0.39 is 11.8 Å². The first-order chi connectivity index (χ1) is 16.9. The molecule has 0 saturated carbocycles. The predicted octanol–water partition coefficient (Wildman–Crippen LogP) is 3.97. The molecule has 0 unspecified atom stereocenters. The Morgan fingerprint density at radius 1 is 0.886 bits per heavy atom. The van der Waals surface area contributed by atoms with Gasteiger partial charge in [-0.15, -0.1) is 0 Å². The molecule has 3 aromatic rings. The van der Waals surface area contributed by atoms with Crippen LogP contribution < -0.4 is 20.8 Å². The highest BCUT2D eigenvalue weighted by Gasteiger charge is 2.13. The molecular weight excluding hydrogens is 444 g/mol. The first-order valence-corrected chi connectivity index (χ1v) is 11.2. The molecule has 0 aromatic heterocycles. The number of para-hydroxylation sites is 1. The number of amides is 3. The number of ether oxygens (including phenoxy) is 1. The summed E-state index contributed by atoms with van der Waals surface area (Å²) in [5, 5.41) is 9.21. The molecule has 0 fully saturated rings. The minimum absolute atomic E-state index is 0.159. The first-order valence-electron chi connectivity index (χ1n) is 11.2. The molecule has 8 heteroatoms. The molecule has 3 aromatic carbocycles. The van der Waals surface area contributed by atoms with Crippen molar-refractivity contribution in [2.45, 2.75) is 27.2 Å². The summed E-state index contributed by atoms with van der Waals surface area (Å²) in [5.74, 6) is -1.52. The highest BCUT2D eigenvalue weighted by Crippen LogP contribution is 2.16. The van der Waals surface area contributed by atoms with Crippen LogP contribution in [0.25, 0.3) is 0 Å². The lowest BCUT2D eigenvalue weighted by Gasteiger charge is -2.10. The van der Waals surface area contributed by atoms with Gasteiger partial charge in [0, 0.05) is 11.4 Å². The number of hydrogen-bond acceptors (Lipinski definition) is 5. The third kappa shape index (κ3) is 7.53. The molecule has 0 radical (unpaired) electrons. The van der Waals surface area contributed by atoms with E-state index in [2.05, 4.69) is 21.2 Å². The van der Waals surface area contributed by atoms with E-state index in [1.54, 1.807) is 36.4 Å². The van der Waals surface area contributed by atoms with E-state index in [0.29, 0.717) is 17.0 Å². The molecule has 0 heterocycles. The van der Waals surface area contributed by atoms with Crippen LogP contribution in [-0.4, -0.2) is 30.5 Å². The lowest BCUT2D eigenvalue weighted by molar-refractivity contribution is -0.136. The quantitative estimate of drug-likeness (QED) is 0.262. The van der Waals surface area contributed by atoms with E-state index >= 15 is 0 Å². The van der Waals surface area contributed by atoms with E-state index in [9.17, 15) is 14.4 Å². The molecule has 3 amide bonds. The van der Waals surface area contributed by atoms with Gasteiger partial charge in [-0.2, -0.15) is 5.10 Å². The van der Waals surface area contributed by atoms with E-state index in [0.717, 1.165) is 28.8 Å². The van der Waals surface area contributed by atoms with Crippen molar-refractivity contribution >= 4 is 35.3 Å². The van der Waals surface area contributed by atoms with Crippen LogP contribution in [0.5, 0.6) is 5.75 Å². The molecule has 0 atom stereocenters. The SMILES string of the molecule is CCc1ccccc1NC(=O)COc1cccc(/C=N\NC(=O)C(=O)Nc2ccc(C)c(C)c2)c1. The van der Waals surface area contributed by atoms with Gasteiger partial charge in [-0.05, 0) is 72.9 Å². The maximum absolute atomic E-state index is 12.3. The first kappa shape index (κ1) is 25.2. The number of aryl methyl sites for hydroxylation is 3. The standard InChI is InChI=1S/C27H28N4O4/c1-4-21-9-5-6-11-24(21)30-25(32)17-35-23-10-7-8-20(15-23)16-28-31-27(34)26(33)29-22-13-12-18(2)19(3)14-22/h5-16H,4,17H2,1-3H3,(H,29,33)(H,30,32)(H,31,34)/b28-16-. The molecule has 180 valence electrons. The summed E-state index contributed by atoms with van der Waals surface area (Å²) in [6.07, 6.45) is 2.19. The van der Waals surface area contributed by atoms with Crippen LogP contribution in [0.2, 0.25) is 0 Å². The van der Waals surface area contributed by atoms with Gasteiger partial charge in [-0.25, -0.2) is 5.43 Å². The van der Waals surface area contributed by atoms with Crippen molar-refractivity contribution < 1.29 is 19.1 Å². The molecule has 0 aliphatic rings. The maximum Gasteiger partial charge on any atom is 0.329 e. The van der Waals surface area contributed by atoms with Crippen LogP contribution in [0.15, 0.2) is 71.8 Å². The molecule has 8 nitrogen and oxygen atoms in total. The molecular formula is C27H28N4O4. The second-order valence-electron chi connectivity index (χ2n) is 7.87. The highest BCUT2D eigenvalue weighted by atomic mass is 16.5. The van der Waals surface area contributed by atoms with E-state index in [4.69, 9.17) is 4.74 Å². The van der Waals surface area contributed by atoms with Crippen molar-refractivity contribution in [3.63, 3.8) is 0 Å². The number of hydrazone groups is 1. The van der Waals surface area contributed by atoms with Gasteiger partial charge in [0.2, 0.25) is 0 Å². The minimum atomic E-state index is -0.893. The fraction of sp³-hybridized carbons (Fsp3) is 0.185. The summed E-state index contributed by atoms with van der Waals surface area (Å²) in [7, 11) is 0. The van der Waals surface area contributed by atoms with Crippen molar-refractivity contribution in [1.82, 2.24) is 5.43 Å². The monoisotopic (exact) mass is 472 g/mol. The number of nitrogens with one attached hydrogen (secondary N) is 3. The van der Waals surface area contributed by atoms with Gasteiger partial charge in [-0.1, -0.05) is 43.3 Å². The Morgan fingerprint density at radius 3 is 2.46 bits per heavy atom. The van der Waals surface area contributed by atoms with Crippen LogP contribution in [0.1, 0.15) is 29.2 Å². The number of benzene rings is 3. The summed E-state index contributed by atoms with van der Waals surface area (Å²) in [6, 6.07) is 19.8. The van der Waals surface area contributed by atoms with Gasteiger partial charge < -0.3 is 15.4 Å². The number of anilines is 2. The summed E-state index contributed by atoms with van der Waals surface area (Å²) in [4.78, 5) is 36.4. The number of nitrogens with zero attached hydrogens (tertiary/aromatic N) is 1. The molecule has 0 aliphatic carbocycles. The van der Waals surface area contributed by atoms with Crippen LogP contribution in [0.3, 0.4) is 0 Å². The fourth-order valence-corrected chi connectivity index (χ4v) is 3.19. The topological polar surface area (TPSA) is 109 Å². The third-order valence-corrected chi connectivity index (χ3v) is 5.25. The van der Waals surface area contributed by atoms with Crippen molar-refractivity contribution in [3.05, 3.63) is 89.0 Å². The second-order valence-corrected chi connectivity index (χ2v) is 7.87. The minimum Gasteiger partial charge on any atom is -0.484 e. The molecule has 3 rings (SSSR count). The average Bonchev–Trinajstić information content (AvgIpc) is 2.85. The Hall–Kier alpha value is -4.46. The molecule has 3 N–H and O–H groups in total. The maximum atomic E-state index is 12.3. The lowest BCUT2D eigenvalue weighted by atomic mass is 10.1. The molecule has 0 spiro atoms. The molecule has 0 saturated heterocycles. The Kier molecular flexibility index (Phi) is 8.72. The van der Waals surface area contributed by atoms with Crippen molar-refractivity contribution in [2.75, 3.05) is 17.2 Å². The Labute approximate surface area is 204 Å². The number of rotatable bonds is 8. The summed E-state index contributed by atoms with van der Waals surface area (Å²) in [6.45, 7) is 5.75. The summed E-state index contributed by atoms with van der Waals surface area (Å²) >= 11 is 0. The van der Waals surface area contributed by atoms with Gasteiger partial charge >= 0.3 is 11.8 Å². The smallest absolute Gasteiger partial charge is 0.329 e. The van der Waals surface area contributed by atoms with Crippen LogP contribution in [-0.2, 0) is 20.8 Å². The van der Waals surface area contributed by atoms with Crippen LogP contribution >= 0.6 is 0 Å². The van der Waals surface area contributed by atoms with Crippen LogP contribution in [0, 0.1) is 13.8 Å².